The van der Waals surface area contributed by atoms with E-state index >= 15 is 0 Å². The summed E-state index contributed by atoms with van der Waals surface area (Å²) in [5.41, 5.74) is 0.184. The largest absolute Gasteiger partial charge is 0.480 e. The second-order valence-corrected chi connectivity index (χ2v) is 6.39. The van der Waals surface area contributed by atoms with E-state index in [0.717, 1.165) is 6.07 Å². The number of rotatable bonds is 6. The minimum absolute atomic E-state index is 0.184. The number of carbonyl (C=O) groups is 1. The molecule has 0 saturated heterocycles. The molecule has 1 aromatic rings. The van der Waals surface area contributed by atoms with Crippen LogP contribution < -0.4 is 4.72 Å². The number of aliphatic carboxylic acids is 1. The third kappa shape index (κ3) is 3.55. The molecule has 0 unspecified atom stereocenters. The standard InChI is InChI=1S/C13H18FNO4S/c1-4-8(2)12(13(16)17)15-20(18,19)10-7-5-6-9(3)11(10)14/h5-8,12,15H,4H2,1-3H3,(H,16,17)/t8-,12-/m0/s1. The highest BCUT2D eigenvalue weighted by Crippen LogP contribution is 2.19. The Bertz CT molecular complexity index is 600. The van der Waals surface area contributed by atoms with Gasteiger partial charge in [0.05, 0.1) is 0 Å². The first-order valence-corrected chi connectivity index (χ1v) is 7.69. The molecule has 0 spiro atoms. The van der Waals surface area contributed by atoms with Gasteiger partial charge in [0.1, 0.15) is 16.8 Å². The first kappa shape index (κ1) is 16.6. The highest BCUT2D eigenvalue weighted by molar-refractivity contribution is 7.89. The Morgan fingerprint density at radius 2 is 2.05 bits per heavy atom. The molecule has 0 amide bonds. The SMILES string of the molecule is CC[C@H](C)[C@H](NS(=O)(=O)c1cccc(C)c1F)C(=O)O. The number of benzene rings is 1. The number of nitrogens with one attached hydrogen (secondary N) is 1. The number of carboxylic acids is 1. The quantitative estimate of drug-likeness (QED) is 0.841. The molecule has 0 bridgehead atoms. The molecule has 0 fully saturated rings. The summed E-state index contributed by atoms with van der Waals surface area (Å²) in [6.45, 7) is 4.81. The van der Waals surface area contributed by atoms with Gasteiger partial charge in [0, 0.05) is 0 Å². The maximum atomic E-state index is 13.9. The number of halogens is 1. The molecule has 0 saturated carbocycles. The van der Waals surface area contributed by atoms with Crippen molar-refractivity contribution in [3.63, 3.8) is 0 Å². The molecule has 0 aromatic heterocycles. The van der Waals surface area contributed by atoms with Gasteiger partial charge in [0.15, 0.2) is 0 Å². The Balaban J connectivity index is 3.17. The summed E-state index contributed by atoms with van der Waals surface area (Å²) < 4.78 is 40.2. The van der Waals surface area contributed by atoms with E-state index in [1.165, 1.54) is 19.1 Å². The number of hydrogen-bond donors (Lipinski definition) is 2. The molecule has 7 heteroatoms. The van der Waals surface area contributed by atoms with E-state index in [9.17, 15) is 17.6 Å². The van der Waals surface area contributed by atoms with Crippen molar-refractivity contribution < 1.29 is 22.7 Å². The molecule has 1 rings (SSSR count). The minimum Gasteiger partial charge on any atom is -0.480 e. The van der Waals surface area contributed by atoms with Crippen LogP contribution in [0.1, 0.15) is 25.8 Å². The molecule has 0 heterocycles. The van der Waals surface area contributed by atoms with Gasteiger partial charge in [-0.3, -0.25) is 4.79 Å². The van der Waals surface area contributed by atoms with Gasteiger partial charge in [-0.2, -0.15) is 4.72 Å². The second-order valence-electron chi connectivity index (χ2n) is 4.71. The van der Waals surface area contributed by atoms with E-state index < -0.39 is 38.7 Å². The van der Waals surface area contributed by atoms with Gasteiger partial charge in [0.2, 0.25) is 10.0 Å². The zero-order chi connectivity index (χ0) is 15.5. The summed E-state index contributed by atoms with van der Waals surface area (Å²) in [6.07, 6.45) is 0.482. The van der Waals surface area contributed by atoms with Crippen LogP contribution in [0.15, 0.2) is 23.1 Å². The van der Waals surface area contributed by atoms with Crippen molar-refractivity contribution in [3.8, 4) is 0 Å². The van der Waals surface area contributed by atoms with Crippen molar-refractivity contribution >= 4 is 16.0 Å². The van der Waals surface area contributed by atoms with Crippen LogP contribution in [-0.4, -0.2) is 25.5 Å². The fourth-order valence-corrected chi connectivity index (χ4v) is 3.15. The lowest BCUT2D eigenvalue weighted by atomic mass is 10.0. The van der Waals surface area contributed by atoms with Gasteiger partial charge in [-0.05, 0) is 24.5 Å². The third-order valence-corrected chi connectivity index (χ3v) is 4.67. The highest BCUT2D eigenvalue weighted by Gasteiger charge is 2.30. The van der Waals surface area contributed by atoms with E-state index in [0.29, 0.717) is 6.42 Å². The van der Waals surface area contributed by atoms with Crippen LogP contribution in [0.25, 0.3) is 0 Å². The lowest BCUT2D eigenvalue weighted by Gasteiger charge is -2.20. The van der Waals surface area contributed by atoms with Crippen LogP contribution in [0.3, 0.4) is 0 Å². The van der Waals surface area contributed by atoms with Gasteiger partial charge in [-0.1, -0.05) is 32.4 Å². The maximum Gasteiger partial charge on any atom is 0.322 e. The summed E-state index contributed by atoms with van der Waals surface area (Å²) in [5.74, 6) is -2.56. The fraction of sp³-hybridized carbons (Fsp3) is 0.462. The summed E-state index contributed by atoms with van der Waals surface area (Å²) in [4.78, 5) is 10.6. The highest BCUT2D eigenvalue weighted by atomic mass is 32.2. The van der Waals surface area contributed by atoms with Crippen LogP contribution >= 0.6 is 0 Å². The predicted molar refractivity (Wildman–Crippen MR) is 72.3 cm³/mol. The first-order chi connectivity index (χ1) is 9.20. The molecule has 0 aliphatic rings. The second kappa shape index (κ2) is 6.32. The average molecular weight is 303 g/mol. The lowest BCUT2D eigenvalue weighted by Crippen LogP contribution is -2.45. The fourth-order valence-electron chi connectivity index (χ4n) is 1.70. The van der Waals surface area contributed by atoms with Gasteiger partial charge >= 0.3 is 5.97 Å². The van der Waals surface area contributed by atoms with Crippen LogP contribution in [0.4, 0.5) is 4.39 Å². The van der Waals surface area contributed by atoms with Gasteiger partial charge in [-0.25, -0.2) is 12.8 Å². The zero-order valence-electron chi connectivity index (χ0n) is 11.6. The molecule has 20 heavy (non-hydrogen) atoms. The van der Waals surface area contributed by atoms with Gasteiger partial charge in [0.25, 0.3) is 0 Å². The number of hydrogen-bond acceptors (Lipinski definition) is 3. The summed E-state index contributed by atoms with van der Waals surface area (Å²) in [7, 11) is -4.22. The van der Waals surface area contributed by atoms with Crippen LogP contribution in [-0.2, 0) is 14.8 Å². The third-order valence-electron chi connectivity index (χ3n) is 3.21. The summed E-state index contributed by atoms with van der Waals surface area (Å²) >= 11 is 0. The normalized spacial score (nSPS) is 14.8. The minimum atomic E-state index is -4.22. The Labute approximate surface area is 117 Å². The molecule has 112 valence electrons. The Hall–Kier alpha value is -1.47. The van der Waals surface area contributed by atoms with Crippen LogP contribution in [0.2, 0.25) is 0 Å². The maximum absolute atomic E-state index is 13.9. The molecular formula is C13H18FNO4S. The van der Waals surface area contributed by atoms with Crippen molar-refractivity contribution in [3.05, 3.63) is 29.6 Å². The lowest BCUT2D eigenvalue weighted by molar-refractivity contribution is -0.140. The molecule has 0 aliphatic carbocycles. The van der Waals surface area contributed by atoms with Crippen LogP contribution in [0.5, 0.6) is 0 Å². The number of carboxylic acid groups (broad SMARTS) is 1. The van der Waals surface area contributed by atoms with Crippen molar-refractivity contribution in [1.29, 1.82) is 0 Å². The van der Waals surface area contributed by atoms with E-state index in [1.54, 1.807) is 13.8 Å². The first-order valence-electron chi connectivity index (χ1n) is 6.21. The van der Waals surface area contributed by atoms with Crippen molar-refractivity contribution in [1.82, 2.24) is 4.72 Å². The summed E-state index contributed by atoms with van der Waals surface area (Å²) in [6, 6.07) is 2.68. The number of aryl methyl sites for hydroxylation is 1. The summed E-state index contributed by atoms with van der Waals surface area (Å²) in [5, 5.41) is 9.09. The van der Waals surface area contributed by atoms with E-state index in [1.807, 2.05) is 0 Å². The molecule has 5 nitrogen and oxygen atoms in total. The predicted octanol–water partition coefficient (Wildman–Crippen LogP) is 1.91. The Kier molecular flexibility index (Phi) is 5.24. The van der Waals surface area contributed by atoms with E-state index in [-0.39, 0.29) is 5.56 Å². The van der Waals surface area contributed by atoms with Gasteiger partial charge < -0.3 is 5.11 Å². The number of sulfonamides is 1. The van der Waals surface area contributed by atoms with Gasteiger partial charge in [-0.15, -0.1) is 0 Å². The molecule has 0 aliphatic heterocycles. The van der Waals surface area contributed by atoms with Crippen molar-refractivity contribution in [2.45, 2.75) is 38.1 Å². The molecule has 2 N–H and O–H groups in total. The molecule has 1 aromatic carbocycles. The average Bonchev–Trinajstić information content (AvgIpc) is 2.37. The Morgan fingerprint density at radius 1 is 1.45 bits per heavy atom. The zero-order valence-corrected chi connectivity index (χ0v) is 12.4. The molecule has 0 radical (unpaired) electrons. The smallest absolute Gasteiger partial charge is 0.322 e. The van der Waals surface area contributed by atoms with Crippen LogP contribution in [0, 0.1) is 18.7 Å². The molecular weight excluding hydrogens is 285 g/mol. The van der Waals surface area contributed by atoms with Crippen molar-refractivity contribution in [2.75, 3.05) is 0 Å². The monoisotopic (exact) mass is 303 g/mol. The Morgan fingerprint density at radius 3 is 2.55 bits per heavy atom. The van der Waals surface area contributed by atoms with Crippen molar-refractivity contribution in [2.24, 2.45) is 5.92 Å². The van der Waals surface area contributed by atoms with E-state index in [2.05, 4.69) is 4.72 Å². The van der Waals surface area contributed by atoms with E-state index in [4.69, 9.17) is 5.11 Å². The topological polar surface area (TPSA) is 83.5 Å². The molecule has 2 atom stereocenters.